The van der Waals surface area contributed by atoms with Gasteiger partial charge in [0, 0.05) is 48.0 Å². The van der Waals surface area contributed by atoms with Crippen molar-refractivity contribution >= 4 is 22.7 Å². The van der Waals surface area contributed by atoms with E-state index >= 15 is 0 Å². The summed E-state index contributed by atoms with van der Waals surface area (Å²) in [6.07, 6.45) is 9.66. The molecular formula is C40H43F2N2+. The summed E-state index contributed by atoms with van der Waals surface area (Å²) in [6, 6.07) is 25.1. The smallest absolute Gasteiger partial charge is 0.242 e. The summed E-state index contributed by atoms with van der Waals surface area (Å²) in [5.74, 6) is 0. The molecule has 3 aliphatic rings. The van der Waals surface area contributed by atoms with Crippen LogP contribution in [0.3, 0.4) is 0 Å². The van der Waals surface area contributed by atoms with Crippen molar-refractivity contribution in [2.75, 3.05) is 19.0 Å². The molecule has 0 saturated heterocycles. The number of hydrogen-bond acceptors (Lipinski definition) is 1. The predicted molar refractivity (Wildman–Crippen MR) is 180 cm³/mol. The van der Waals surface area contributed by atoms with E-state index in [0.29, 0.717) is 5.56 Å². The molecule has 1 aliphatic carbocycles. The number of nitrogens with zero attached hydrogens (tertiary/aromatic N) is 2. The zero-order valence-corrected chi connectivity index (χ0v) is 26.8. The number of para-hydroxylation sites is 2. The number of likely N-dealkylation sites (N-methyl/N-ethyl adjacent to an activating group) is 1. The molecule has 3 aromatic rings. The van der Waals surface area contributed by atoms with E-state index in [4.69, 9.17) is 0 Å². The van der Waals surface area contributed by atoms with Crippen molar-refractivity contribution in [2.24, 2.45) is 0 Å². The molecule has 0 spiro atoms. The number of rotatable bonds is 6. The summed E-state index contributed by atoms with van der Waals surface area (Å²) in [6.45, 7) is 9.18. The predicted octanol–water partition coefficient (Wildman–Crippen LogP) is 9.93. The Morgan fingerprint density at radius 3 is 2.18 bits per heavy atom. The Labute approximate surface area is 261 Å². The van der Waals surface area contributed by atoms with Gasteiger partial charge >= 0.3 is 0 Å². The summed E-state index contributed by atoms with van der Waals surface area (Å²) in [5, 5.41) is 0. The number of allylic oxidation sites excluding steroid dienone is 8. The number of anilines is 1. The fourth-order valence-electron chi connectivity index (χ4n) is 7.58. The van der Waals surface area contributed by atoms with Crippen LogP contribution in [0.25, 0.3) is 5.57 Å². The molecule has 0 atom stereocenters. The van der Waals surface area contributed by atoms with Gasteiger partial charge in [-0.25, -0.2) is 8.78 Å². The maximum Gasteiger partial charge on any atom is 0.242 e. The first-order valence-corrected chi connectivity index (χ1v) is 15.7. The molecule has 0 unspecified atom stereocenters. The molecule has 0 radical (unpaired) electrons. The minimum absolute atomic E-state index is 0.106. The van der Waals surface area contributed by atoms with Crippen LogP contribution >= 0.6 is 0 Å². The van der Waals surface area contributed by atoms with Gasteiger partial charge in [-0.05, 0) is 78.7 Å². The lowest BCUT2D eigenvalue weighted by atomic mass is 9.79. The highest BCUT2D eigenvalue weighted by Crippen LogP contribution is 2.47. The van der Waals surface area contributed by atoms with Gasteiger partial charge in [0.2, 0.25) is 12.1 Å². The Balaban J connectivity index is 1.44. The average molecular weight is 590 g/mol. The molecule has 4 heteroatoms. The topological polar surface area (TPSA) is 6.25 Å². The highest BCUT2D eigenvalue weighted by molar-refractivity contribution is 6.03. The SMILES string of the molecule is CN1C(=CC=C2CCCC(C=CC3=[N+](C)c4ccccc4C3(C)C)=C2c2ccc(CC(F)F)cc2)C(C)(C)c2ccccc21. The minimum Gasteiger partial charge on any atom is -0.347 e. The minimum atomic E-state index is -2.35. The van der Waals surface area contributed by atoms with Crippen molar-refractivity contribution in [3.63, 3.8) is 0 Å². The maximum atomic E-state index is 13.1. The molecule has 0 N–H and O–H groups in total. The lowest BCUT2D eigenvalue weighted by Crippen LogP contribution is -2.26. The molecule has 0 aromatic heterocycles. The molecule has 0 bridgehead atoms. The molecule has 6 rings (SSSR count). The summed E-state index contributed by atoms with van der Waals surface area (Å²) in [7, 11) is 4.31. The molecule has 0 fully saturated rings. The Morgan fingerprint density at radius 2 is 1.50 bits per heavy atom. The van der Waals surface area contributed by atoms with Crippen LogP contribution in [-0.2, 0) is 17.3 Å². The van der Waals surface area contributed by atoms with E-state index in [9.17, 15) is 8.78 Å². The highest BCUT2D eigenvalue weighted by Gasteiger charge is 2.42. The van der Waals surface area contributed by atoms with Crippen LogP contribution in [-0.4, -0.2) is 30.8 Å². The number of alkyl halides is 2. The first-order chi connectivity index (χ1) is 21.0. The zero-order valence-electron chi connectivity index (χ0n) is 26.8. The lowest BCUT2D eigenvalue weighted by molar-refractivity contribution is -0.401. The number of hydrogen-bond donors (Lipinski definition) is 0. The number of halogens is 2. The fourth-order valence-corrected chi connectivity index (χ4v) is 7.58. The van der Waals surface area contributed by atoms with E-state index in [1.165, 1.54) is 50.6 Å². The van der Waals surface area contributed by atoms with Crippen LogP contribution in [0.4, 0.5) is 20.2 Å². The van der Waals surface area contributed by atoms with Gasteiger partial charge in [0.05, 0.1) is 5.41 Å². The Hall–Kier alpha value is -4.05. The van der Waals surface area contributed by atoms with Gasteiger partial charge in [-0.3, -0.25) is 0 Å². The summed E-state index contributed by atoms with van der Waals surface area (Å²) in [5.41, 5.74) is 13.1. The molecule has 0 amide bonds. The van der Waals surface area contributed by atoms with Crippen LogP contribution < -0.4 is 4.90 Å². The molecule has 226 valence electrons. The van der Waals surface area contributed by atoms with Crippen molar-refractivity contribution < 1.29 is 13.4 Å². The molecule has 3 aromatic carbocycles. The van der Waals surface area contributed by atoms with E-state index in [-0.39, 0.29) is 17.3 Å². The summed E-state index contributed by atoms with van der Waals surface area (Å²) >= 11 is 0. The molecule has 2 nitrogen and oxygen atoms in total. The molecule has 2 aliphatic heterocycles. The standard InChI is InChI=1S/C40H43F2N2/c1-39(2)31-14-7-9-16-33(31)43(5)35(39)24-22-28-12-11-13-29(38(28)30-20-18-27(19-21-30)26-37(41)42)23-25-36-40(3,4)32-15-8-10-17-34(32)44(36)6/h7-10,14-25,37H,11-13,26H2,1-6H3/q+1. The second kappa shape index (κ2) is 11.5. The quantitative estimate of drug-likeness (QED) is 0.259. The third-order valence-corrected chi connectivity index (χ3v) is 9.93. The summed E-state index contributed by atoms with van der Waals surface area (Å²) in [4.78, 5) is 2.31. The van der Waals surface area contributed by atoms with Gasteiger partial charge in [0.15, 0.2) is 5.71 Å². The Bertz CT molecular complexity index is 1750. The van der Waals surface area contributed by atoms with Gasteiger partial charge in [-0.2, -0.15) is 4.58 Å². The molecule has 0 saturated carbocycles. The lowest BCUT2D eigenvalue weighted by Gasteiger charge is -2.25. The van der Waals surface area contributed by atoms with Crippen LogP contribution in [0.2, 0.25) is 0 Å². The fraction of sp³-hybridized carbons (Fsp3) is 0.325. The average Bonchev–Trinajstić information content (AvgIpc) is 3.32. The largest absolute Gasteiger partial charge is 0.347 e. The van der Waals surface area contributed by atoms with Gasteiger partial charge in [0.1, 0.15) is 7.05 Å². The monoisotopic (exact) mass is 589 g/mol. The van der Waals surface area contributed by atoms with Crippen molar-refractivity contribution in [3.8, 4) is 0 Å². The Kier molecular flexibility index (Phi) is 7.82. The molecular weight excluding hydrogens is 546 g/mol. The molecule has 44 heavy (non-hydrogen) atoms. The summed E-state index contributed by atoms with van der Waals surface area (Å²) < 4.78 is 28.6. The van der Waals surface area contributed by atoms with Gasteiger partial charge in [-0.15, -0.1) is 0 Å². The van der Waals surface area contributed by atoms with Gasteiger partial charge in [0.25, 0.3) is 0 Å². The van der Waals surface area contributed by atoms with E-state index in [1.807, 2.05) is 24.3 Å². The van der Waals surface area contributed by atoms with Crippen molar-refractivity contribution in [1.29, 1.82) is 0 Å². The van der Waals surface area contributed by atoms with E-state index < -0.39 is 6.43 Å². The number of fused-ring (bicyclic) bond motifs is 2. The first kappa shape index (κ1) is 30.0. The van der Waals surface area contributed by atoms with E-state index in [1.54, 1.807) is 0 Å². The molecule has 2 heterocycles. The van der Waals surface area contributed by atoms with Crippen LogP contribution in [0, 0.1) is 0 Å². The van der Waals surface area contributed by atoms with Gasteiger partial charge < -0.3 is 4.90 Å². The van der Waals surface area contributed by atoms with E-state index in [2.05, 4.69) is 124 Å². The van der Waals surface area contributed by atoms with E-state index in [0.717, 1.165) is 24.8 Å². The maximum absolute atomic E-state index is 13.1. The third-order valence-electron chi connectivity index (χ3n) is 9.93. The van der Waals surface area contributed by atoms with Gasteiger partial charge in [-0.1, -0.05) is 86.7 Å². The Morgan fingerprint density at radius 1 is 0.818 bits per heavy atom. The van der Waals surface area contributed by atoms with Crippen LogP contribution in [0.5, 0.6) is 0 Å². The third kappa shape index (κ3) is 5.19. The van der Waals surface area contributed by atoms with Crippen molar-refractivity contribution in [1.82, 2.24) is 0 Å². The van der Waals surface area contributed by atoms with Crippen LogP contribution in [0.15, 0.2) is 114 Å². The van der Waals surface area contributed by atoms with Crippen molar-refractivity contribution in [2.45, 2.75) is 70.6 Å². The second-order valence-electron chi connectivity index (χ2n) is 13.4. The normalized spacial score (nSPS) is 20.9. The second-order valence-corrected chi connectivity index (χ2v) is 13.4. The first-order valence-electron chi connectivity index (χ1n) is 15.7. The van der Waals surface area contributed by atoms with Crippen LogP contribution in [0.1, 0.15) is 69.2 Å². The zero-order chi connectivity index (χ0) is 31.2. The number of benzene rings is 3. The highest BCUT2D eigenvalue weighted by atomic mass is 19.3. The van der Waals surface area contributed by atoms with Crippen molar-refractivity contribution in [3.05, 3.63) is 136 Å².